The molecule has 3 aromatic rings. The molecule has 28 heavy (non-hydrogen) atoms. The molecule has 1 aromatic heterocycles. The molecule has 0 atom stereocenters. The number of fused-ring (bicyclic) bond motifs is 1. The highest BCUT2D eigenvalue weighted by atomic mass is 35.5. The Kier molecular flexibility index (Phi) is 5.24. The number of nitrogens with zero attached hydrogens (tertiary/aromatic N) is 3. The van der Waals surface area contributed by atoms with Crippen LogP contribution in [0.2, 0.25) is 5.02 Å². The summed E-state index contributed by atoms with van der Waals surface area (Å²) in [5, 5.41) is 13.1. The third-order valence-corrected chi connectivity index (χ3v) is 5.49. The number of ether oxygens (including phenoxy) is 1. The lowest BCUT2D eigenvalue weighted by Gasteiger charge is -2.10. The molecular weight excluding hydrogens is 396 g/mol. The summed E-state index contributed by atoms with van der Waals surface area (Å²) in [6, 6.07) is 17.4. The summed E-state index contributed by atoms with van der Waals surface area (Å²) in [5.41, 5.74) is 2.37. The number of carbonyl (C=O) groups is 1. The van der Waals surface area contributed by atoms with Crippen molar-refractivity contribution in [3.8, 4) is 22.9 Å². The number of hydrogen-bond donors (Lipinski definition) is 1. The van der Waals surface area contributed by atoms with Crippen molar-refractivity contribution >= 4 is 35.1 Å². The van der Waals surface area contributed by atoms with Gasteiger partial charge in [-0.2, -0.15) is 5.26 Å². The van der Waals surface area contributed by atoms with Gasteiger partial charge in [-0.3, -0.25) is 4.79 Å². The highest BCUT2D eigenvalue weighted by Gasteiger charge is 2.23. The monoisotopic (exact) mass is 410 g/mol. The van der Waals surface area contributed by atoms with E-state index in [2.05, 4.69) is 16.4 Å². The van der Waals surface area contributed by atoms with E-state index in [-0.39, 0.29) is 12.4 Å². The Bertz CT molecular complexity index is 1080. The standard InChI is InChI=1S/C20H15ClN4O2S/c21-15-10-14(13-4-2-1-3-5-13)6-7-17(15)27-12-18(26)23-19-16(11-22)25-8-9-28-20(25)24-19/h1-7,10H,8-9,12H2,(H,23,26). The molecule has 1 aliphatic rings. The number of anilines is 1. The van der Waals surface area contributed by atoms with Gasteiger partial charge in [0.25, 0.3) is 5.91 Å². The van der Waals surface area contributed by atoms with Crippen LogP contribution in [0.3, 0.4) is 0 Å². The lowest BCUT2D eigenvalue weighted by atomic mass is 10.1. The number of imidazole rings is 1. The van der Waals surface area contributed by atoms with Crippen LogP contribution in [0.4, 0.5) is 5.82 Å². The highest BCUT2D eigenvalue weighted by Crippen LogP contribution is 2.31. The molecule has 0 fully saturated rings. The van der Waals surface area contributed by atoms with Gasteiger partial charge in [0.2, 0.25) is 0 Å². The third-order valence-electron chi connectivity index (χ3n) is 4.24. The summed E-state index contributed by atoms with van der Waals surface area (Å²) in [6.45, 7) is 0.482. The number of carbonyl (C=O) groups excluding carboxylic acids is 1. The maximum Gasteiger partial charge on any atom is 0.263 e. The average molecular weight is 411 g/mol. The second kappa shape index (κ2) is 7.97. The number of nitriles is 1. The zero-order chi connectivity index (χ0) is 19.5. The summed E-state index contributed by atoms with van der Waals surface area (Å²) in [4.78, 5) is 16.5. The number of benzene rings is 2. The first-order chi connectivity index (χ1) is 13.7. The van der Waals surface area contributed by atoms with E-state index in [1.165, 1.54) is 0 Å². The van der Waals surface area contributed by atoms with E-state index in [4.69, 9.17) is 16.3 Å². The van der Waals surface area contributed by atoms with Gasteiger partial charge in [0.05, 0.1) is 5.02 Å². The van der Waals surface area contributed by atoms with Gasteiger partial charge in [-0.1, -0.05) is 59.8 Å². The molecule has 0 aliphatic carbocycles. The summed E-state index contributed by atoms with van der Waals surface area (Å²) < 4.78 is 7.35. The Morgan fingerprint density at radius 1 is 1.29 bits per heavy atom. The van der Waals surface area contributed by atoms with Crippen LogP contribution in [0.5, 0.6) is 5.75 Å². The molecule has 1 amide bonds. The minimum atomic E-state index is -0.401. The number of thioether (sulfide) groups is 1. The van der Waals surface area contributed by atoms with Crippen LogP contribution in [-0.4, -0.2) is 27.8 Å². The molecule has 1 N–H and O–H groups in total. The van der Waals surface area contributed by atoms with Crippen molar-refractivity contribution in [3.05, 3.63) is 59.2 Å². The minimum Gasteiger partial charge on any atom is -0.482 e. The van der Waals surface area contributed by atoms with Gasteiger partial charge in [-0.05, 0) is 23.3 Å². The van der Waals surface area contributed by atoms with Crippen molar-refractivity contribution in [2.75, 3.05) is 17.7 Å². The van der Waals surface area contributed by atoms with Crippen LogP contribution >= 0.6 is 23.4 Å². The summed E-state index contributed by atoms with van der Waals surface area (Å²) in [7, 11) is 0. The van der Waals surface area contributed by atoms with Gasteiger partial charge in [0.15, 0.2) is 23.3 Å². The maximum absolute atomic E-state index is 12.2. The molecule has 0 radical (unpaired) electrons. The van der Waals surface area contributed by atoms with Gasteiger partial charge in [0, 0.05) is 12.3 Å². The second-order valence-electron chi connectivity index (χ2n) is 6.05. The molecule has 0 spiro atoms. The lowest BCUT2D eigenvalue weighted by molar-refractivity contribution is -0.118. The summed E-state index contributed by atoms with van der Waals surface area (Å²) >= 11 is 7.86. The predicted octanol–water partition coefficient (Wildman–Crippen LogP) is 4.20. The molecule has 6 nitrogen and oxygen atoms in total. The molecule has 2 aromatic carbocycles. The first-order valence-electron chi connectivity index (χ1n) is 8.57. The van der Waals surface area contributed by atoms with Crippen LogP contribution in [0.25, 0.3) is 11.1 Å². The number of nitrogens with one attached hydrogen (secondary N) is 1. The van der Waals surface area contributed by atoms with Crippen molar-refractivity contribution in [1.29, 1.82) is 5.26 Å². The number of aromatic nitrogens is 2. The van der Waals surface area contributed by atoms with Crippen LogP contribution in [0.1, 0.15) is 5.69 Å². The molecular formula is C20H15ClN4O2S. The van der Waals surface area contributed by atoms with Crippen molar-refractivity contribution in [2.24, 2.45) is 0 Å². The normalized spacial score (nSPS) is 12.3. The molecule has 1 aliphatic heterocycles. The predicted molar refractivity (Wildman–Crippen MR) is 109 cm³/mol. The lowest BCUT2D eigenvalue weighted by Crippen LogP contribution is -2.21. The summed E-state index contributed by atoms with van der Waals surface area (Å²) in [5.74, 6) is 1.16. The van der Waals surface area contributed by atoms with E-state index in [1.54, 1.807) is 28.5 Å². The van der Waals surface area contributed by atoms with Gasteiger partial charge < -0.3 is 14.6 Å². The van der Waals surface area contributed by atoms with E-state index in [1.807, 2.05) is 36.4 Å². The summed E-state index contributed by atoms with van der Waals surface area (Å²) in [6.07, 6.45) is 0. The topological polar surface area (TPSA) is 79.9 Å². The largest absolute Gasteiger partial charge is 0.482 e. The van der Waals surface area contributed by atoms with Gasteiger partial charge in [-0.25, -0.2) is 4.98 Å². The quantitative estimate of drug-likeness (QED) is 0.681. The molecule has 0 unspecified atom stereocenters. The zero-order valence-electron chi connectivity index (χ0n) is 14.7. The third kappa shape index (κ3) is 3.70. The molecule has 0 saturated heterocycles. The molecule has 4 rings (SSSR count). The number of halogens is 1. The van der Waals surface area contributed by atoms with Crippen LogP contribution in [0, 0.1) is 11.3 Å². The van der Waals surface area contributed by atoms with Gasteiger partial charge >= 0.3 is 0 Å². The van der Waals surface area contributed by atoms with E-state index in [9.17, 15) is 10.1 Å². The van der Waals surface area contributed by atoms with E-state index >= 15 is 0 Å². The Labute approximate surface area is 171 Å². The van der Waals surface area contributed by atoms with Crippen LogP contribution in [0.15, 0.2) is 53.7 Å². The molecule has 2 heterocycles. The first-order valence-corrected chi connectivity index (χ1v) is 9.93. The van der Waals surface area contributed by atoms with Crippen molar-refractivity contribution in [3.63, 3.8) is 0 Å². The minimum absolute atomic E-state index is 0.232. The molecule has 140 valence electrons. The fourth-order valence-corrected chi connectivity index (χ4v) is 4.10. The van der Waals surface area contributed by atoms with Crippen LogP contribution in [-0.2, 0) is 11.3 Å². The van der Waals surface area contributed by atoms with Crippen molar-refractivity contribution in [1.82, 2.24) is 9.55 Å². The van der Waals surface area contributed by atoms with Gasteiger partial charge in [-0.15, -0.1) is 0 Å². The van der Waals surface area contributed by atoms with Crippen molar-refractivity contribution < 1.29 is 9.53 Å². The van der Waals surface area contributed by atoms with E-state index in [0.717, 1.165) is 22.0 Å². The maximum atomic E-state index is 12.2. The second-order valence-corrected chi connectivity index (χ2v) is 7.52. The Morgan fingerprint density at radius 3 is 2.86 bits per heavy atom. The smallest absolute Gasteiger partial charge is 0.263 e. The Balaban J connectivity index is 1.41. The number of amides is 1. The average Bonchev–Trinajstić information content (AvgIpc) is 3.28. The fourth-order valence-electron chi connectivity index (χ4n) is 2.92. The molecule has 8 heteroatoms. The Morgan fingerprint density at radius 2 is 2.11 bits per heavy atom. The number of hydrogen-bond acceptors (Lipinski definition) is 5. The Hall–Kier alpha value is -2.95. The van der Waals surface area contributed by atoms with E-state index in [0.29, 0.717) is 23.0 Å². The first kappa shape index (κ1) is 18.4. The molecule has 0 bridgehead atoms. The SMILES string of the molecule is N#Cc1c(NC(=O)COc2ccc(-c3ccccc3)cc2Cl)nc2n1CCS2. The van der Waals surface area contributed by atoms with E-state index < -0.39 is 5.91 Å². The molecule has 0 saturated carbocycles. The van der Waals surface area contributed by atoms with Crippen LogP contribution < -0.4 is 10.1 Å². The zero-order valence-corrected chi connectivity index (χ0v) is 16.3. The van der Waals surface area contributed by atoms with Gasteiger partial charge in [0.1, 0.15) is 11.8 Å². The number of rotatable bonds is 5. The fraction of sp³-hybridized carbons (Fsp3) is 0.150. The van der Waals surface area contributed by atoms with Crippen molar-refractivity contribution in [2.45, 2.75) is 11.7 Å². The highest BCUT2D eigenvalue weighted by molar-refractivity contribution is 7.99.